The third-order valence-corrected chi connectivity index (χ3v) is 1.89. The first-order valence-electron chi connectivity index (χ1n) is 4.65. The zero-order valence-electron chi connectivity index (χ0n) is 8.91. The maximum absolute atomic E-state index is 5.80. The lowest BCUT2D eigenvalue weighted by Crippen LogP contribution is -2.18. The molecule has 0 amide bonds. The summed E-state index contributed by atoms with van der Waals surface area (Å²) in [6.07, 6.45) is 0.0185. The minimum absolute atomic E-state index is 0.0185. The summed E-state index contributed by atoms with van der Waals surface area (Å²) < 4.78 is 10.6. The fraction of sp³-hybridized carbons (Fsp3) is 0.455. The first kappa shape index (κ1) is 10.9. The molecule has 1 atom stereocenters. The fourth-order valence-corrected chi connectivity index (χ4v) is 1.26. The van der Waals surface area contributed by atoms with Gasteiger partial charge in [0.2, 0.25) is 0 Å². The average molecular weight is 195 g/mol. The molecule has 0 spiro atoms. The highest BCUT2D eigenvalue weighted by Crippen LogP contribution is 2.23. The average Bonchev–Trinajstić information content (AvgIpc) is 2.10. The molecule has 14 heavy (non-hydrogen) atoms. The summed E-state index contributed by atoms with van der Waals surface area (Å²) in [6.45, 7) is 4.51. The Labute approximate surface area is 84.8 Å². The Bertz CT molecular complexity index is 299. The van der Waals surface area contributed by atoms with Gasteiger partial charge in [-0.25, -0.2) is 0 Å². The molecule has 0 aromatic heterocycles. The Morgan fingerprint density at radius 2 is 2.14 bits per heavy atom. The summed E-state index contributed by atoms with van der Waals surface area (Å²) in [6, 6.07) is 5.76. The summed E-state index contributed by atoms with van der Waals surface area (Å²) in [7, 11) is 1.65. The van der Waals surface area contributed by atoms with Crippen LogP contribution in [0.3, 0.4) is 0 Å². The molecule has 1 rings (SSSR count). The third kappa shape index (κ3) is 2.92. The molecule has 0 fully saturated rings. The topological polar surface area (TPSA) is 44.5 Å². The fourth-order valence-electron chi connectivity index (χ4n) is 1.26. The van der Waals surface area contributed by atoms with Crippen molar-refractivity contribution in [3.8, 4) is 5.75 Å². The van der Waals surface area contributed by atoms with Crippen LogP contribution in [0.5, 0.6) is 5.75 Å². The van der Waals surface area contributed by atoms with Gasteiger partial charge in [0.15, 0.2) is 0 Å². The molecule has 78 valence electrons. The van der Waals surface area contributed by atoms with Crippen LogP contribution in [0.15, 0.2) is 18.2 Å². The van der Waals surface area contributed by atoms with Gasteiger partial charge in [-0.15, -0.1) is 0 Å². The van der Waals surface area contributed by atoms with E-state index < -0.39 is 0 Å². The standard InChI is InChI=1S/C11H17NO2/c1-8-4-5-11(10(12)6-8)14-9(2)7-13-3/h4-6,9H,7,12H2,1-3H3. The molecule has 1 unspecified atom stereocenters. The third-order valence-electron chi connectivity index (χ3n) is 1.89. The minimum atomic E-state index is 0.0185. The summed E-state index contributed by atoms with van der Waals surface area (Å²) in [5.74, 6) is 0.722. The van der Waals surface area contributed by atoms with Gasteiger partial charge in [-0.1, -0.05) is 6.07 Å². The van der Waals surface area contributed by atoms with Gasteiger partial charge in [-0.2, -0.15) is 0 Å². The van der Waals surface area contributed by atoms with Gasteiger partial charge in [0.05, 0.1) is 12.3 Å². The molecule has 0 radical (unpaired) electrons. The van der Waals surface area contributed by atoms with Gasteiger partial charge in [0.25, 0.3) is 0 Å². The molecular formula is C11H17NO2. The van der Waals surface area contributed by atoms with Crippen molar-refractivity contribution in [2.24, 2.45) is 0 Å². The highest BCUT2D eigenvalue weighted by molar-refractivity contribution is 5.54. The second-order valence-electron chi connectivity index (χ2n) is 3.43. The van der Waals surface area contributed by atoms with E-state index >= 15 is 0 Å². The number of aryl methyl sites for hydroxylation is 1. The number of hydrogen-bond acceptors (Lipinski definition) is 3. The molecule has 0 aliphatic carbocycles. The summed E-state index contributed by atoms with van der Waals surface area (Å²) in [4.78, 5) is 0. The van der Waals surface area contributed by atoms with E-state index in [0.29, 0.717) is 12.3 Å². The summed E-state index contributed by atoms with van der Waals surface area (Å²) in [5, 5.41) is 0. The van der Waals surface area contributed by atoms with Crippen molar-refractivity contribution >= 4 is 5.69 Å². The van der Waals surface area contributed by atoms with E-state index in [0.717, 1.165) is 11.3 Å². The predicted molar refractivity (Wildman–Crippen MR) is 57.6 cm³/mol. The molecule has 2 N–H and O–H groups in total. The zero-order valence-corrected chi connectivity index (χ0v) is 8.91. The number of nitrogen functional groups attached to an aromatic ring is 1. The Balaban J connectivity index is 2.67. The molecule has 1 aromatic carbocycles. The van der Waals surface area contributed by atoms with Gasteiger partial charge in [0, 0.05) is 7.11 Å². The van der Waals surface area contributed by atoms with Gasteiger partial charge >= 0.3 is 0 Å². The highest BCUT2D eigenvalue weighted by atomic mass is 16.5. The lowest BCUT2D eigenvalue weighted by atomic mass is 10.2. The van der Waals surface area contributed by atoms with E-state index in [-0.39, 0.29) is 6.10 Å². The molecule has 0 saturated carbocycles. The van der Waals surface area contributed by atoms with E-state index in [4.69, 9.17) is 15.2 Å². The largest absolute Gasteiger partial charge is 0.486 e. The Kier molecular flexibility index (Phi) is 3.77. The molecule has 0 bridgehead atoms. The van der Waals surface area contributed by atoms with Crippen LogP contribution in [0.4, 0.5) is 5.69 Å². The lowest BCUT2D eigenvalue weighted by Gasteiger charge is -2.15. The van der Waals surface area contributed by atoms with Crippen molar-refractivity contribution in [1.29, 1.82) is 0 Å². The number of ether oxygens (including phenoxy) is 2. The Morgan fingerprint density at radius 3 is 2.71 bits per heavy atom. The van der Waals surface area contributed by atoms with E-state index in [1.165, 1.54) is 0 Å². The SMILES string of the molecule is COCC(C)Oc1ccc(C)cc1N. The van der Waals surface area contributed by atoms with Crippen LogP contribution < -0.4 is 10.5 Å². The maximum atomic E-state index is 5.80. The van der Waals surface area contributed by atoms with Crippen LogP contribution in [0.1, 0.15) is 12.5 Å². The minimum Gasteiger partial charge on any atom is -0.486 e. The van der Waals surface area contributed by atoms with Crippen LogP contribution >= 0.6 is 0 Å². The van der Waals surface area contributed by atoms with Crippen molar-refractivity contribution in [2.45, 2.75) is 20.0 Å². The number of methoxy groups -OCH3 is 1. The lowest BCUT2D eigenvalue weighted by molar-refractivity contribution is 0.0926. The van der Waals surface area contributed by atoms with Gasteiger partial charge in [0.1, 0.15) is 11.9 Å². The quantitative estimate of drug-likeness (QED) is 0.747. The molecule has 1 aromatic rings. The van der Waals surface area contributed by atoms with E-state index in [9.17, 15) is 0 Å². The van der Waals surface area contributed by atoms with Crippen molar-refractivity contribution in [3.63, 3.8) is 0 Å². The molecule has 3 nitrogen and oxygen atoms in total. The maximum Gasteiger partial charge on any atom is 0.142 e. The Morgan fingerprint density at radius 1 is 1.43 bits per heavy atom. The monoisotopic (exact) mass is 195 g/mol. The van der Waals surface area contributed by atoms with Crippen LogP contribution in [0.25, 0.3) is 0 Å². The zero-order chi connectivity index (χ0) is 10.6. The summed E-state index contributed by atoms with van der Waals surface area (Å²) in [5.41, 5.74) is 7.61. The normalized spacial score (nSPS) is 12.5. The molecule has 3 heteroatoms. The van der Waals surface area contributed by atoms with Crippen LogP contribution in [0.2, 0.25) is 0 Å². The molecular weight excluding hydrogens is 178 g/mol. The summed E-state index contributed by atoms with van der Waals surface area (Å²) >= 11 is 0. The van der Waals surface area contributed by atoms with Crippen molar-refractivity contribution in [1.82, 2.24) is 0 Å². The van der Waals surface area contributed by atoms with Crippen LogP contribution in [-0.2, 0) is 4.74 Å². The number of rotatable bonds is 4. The predicted octanol–water partition coefficient (Wildman–Crippen LogP) is 1.99. The van der Waals surface area contributed by atoms with Crippen molar-refractivity contribution in [2.75, 3.05) is 19.5 Å². The van der Waals surface area contributed by atoms with Gasteiger partial charge in [-0.3, -0.25) is 0 Å². The first-order chi connectivity index (χ1) is 6.63. The smallest absolute Gasteiger partial charge is 0.142 e. The highest BCUT2D eigenvalue weighted by Gasteiger charge is 2.05. The Hall–Kier alpha value is -1.22. The number of hydrogen-bond donors (Lipinski definition) is 1. The first-order valence-corrected chi connectivity index (χ1v) is 4.65. The molecule has 0 aliphatic rings. The van der Waals surface area contributed by atoms with E-state index in [1.54, 1.807) is 7.11 Å². The van der Waals surface area contributed by atoms with Crippen LogP contribution in [-0.4, -0.2) is 19.8 Å². The van der Waals surface area contributed by atoms with Gasteiger partial charge in [-0.05, 0) is 31.5 Å². The molecule has 0 saturated heterocycles. The number of anilines is 1. The van der Waals surface area contributed by atoms with Crippen molar-refractivity contribution < 1.29 is 9.47 Å². The number of benzene rings is 1. The number of nitrogens with two attached hydrogens (primary N) is 1. The van der Waals surface area contributed by atoms with Gasteiger partial charge < -0.3 is 15.2 Å². The second-order valence-corrected chi connectivity index (χ2v) is 3.43. The molecule has 0 heterocycles. The van der Waals surface area contributed by atoms with E-state index in [1.807, 2.05) is 32.0 Å². The second kappa shape index (κ2) is 4.86. The van der Waals surface area contributed by atoms with Crippen molar-refractivity contribution in [3.05, 3.63) is 23.8 Å². The molecule has 0 aliphatic heterocycles. The van der Waals surface area contributed by atoms with E-state index in [2.05, 4.69) is 0 Å². The van der Waals surface area contributed by atoms with Crippen LogP contribution in [0, 0.1) is 6.92 Å².